The summed E-state index contributed by atoms with van der Waals surface area (Å²) in [5.41, 5.74) is 0.625. The molecule has 228 valence electrons. The number of aryl methyl sites for hydroxylation is 1. The van der Waals surface area contributed by atoms with Crippen molar-refractivity contribution in [2.24, 2.45) is 34.5 Å². The molecule has 1 aromatic heterocycles. The Morgan fingerprint density at radius 3 is 2.51 bits per heavy atom. The van der Waals surface area contributed by atoms with Gasteiger partial charge in [0.05, 0.1) is 29.1 Å². The van der Waals surface area contributed by atoms with E-state index in [-0.39, 0.29) is 35.6 Å². The van der Waals surface area contributed by atoms with E-state index in [2.05, 4.69) is 25.9 Å². The van der Waals surface area contributed by atoms with Crippen molar-refractivity contribution in [3.8, 4) is 5.69 Å². The fraction of sp³-hybridized carbons (Fsp3) is 0.571. The van der Waals surface area contributed by atoms with Crippen molar-refractivity contribution in [3.05, 3.63) is 70.6 Å². The number of ether oxygens (including phenoxy) is 3. The molecule has 3 fully saturated rings. The molecule has 8 heteroatoms. The number of ketones is 1. The number of carbonyl (C=O) groups is 2. The van der Waals surface area contributed by atoms with Crippen molar-refractivity contribution in [1.29, 1.82) is 0 Å². The van der Waals surface area contributed by atoms with Crippen LogP contribution in [0.5, 0.6) is 0 Å². The zero-order valence-corrected chi connectivity index (χ0v) is 26.3. The molecule has 0 radical (unpaired) electrons. The molecule has 8 nitrogen and oxygen atoms in total. The number of benzene rings is 1. The molecule has 1 unspecified atom stereocenters. The molecule has 0 amide bonds. The highest BCUT2D eigenvalue weighted by Gasteiger charge is 2.77. The molecule has 43 heavy (non-hydrogen) atoms. The van der Waals surface area contributed by atoms with Crippen LogP contribution in [0.25, 0.3) is 5.69 Å². The highest BCUT2D eigenvalue weighted by atomic mass is 16.7. The average Bonchev–Trinajstić information content (AvgIpc) is 3.26. The molecule has 8 atom stereocenters. The summed E-state index contributed by atoms with van der Waals surface area (Å²) >= 11 is 0. The third-order valence-corrected chi connectivity index (χ3v) is 11.4. The number of para-hydroxylation sites is 1. The average molecular weight is 587 g/mol. The lowest BCUT2D eigenvalue weighted by Gasteiger charge is -2.52. The van der Waals surface area contributed by atoms with E-state index in [0.717, 1.165) is 17.7 Å². The Morgan fingerprint density at radius 2 is 1.81 bits per heavy atom. The van der Waals surface area contributed by atoms with Gasteiger partial charge in [-0.15, -0.1) is 0 Å². The molecule has 2 saturated carbocycles. The largest absolute Gasteiger partial charge is 0.451 e. The van der Waals surface area contributed by atoms with Gasteiger partial charge in [0.15, 0.2) is 23.3 Å². The van der Waals surface area contributed by atoms with E-state index >= 15 is 0 Å². The quantitative estimate of drug-likeness (QED) is 0.386. The first-order chi connectivity index (χ1) is 20.1. The van der Waals surface area contributed by atoms with E-state index < -0.39 is 35.0 Å². The van der Waals surface area contributed by atoms with Crippen molar-refractivity contribution in [2.45, 2.75) is 85.4 Å². The number of nitrogens with zero attached hydrogens (tertiary/aromatic N) is 2. The van der Waals surface area contributed by atoms with E-state index in [1.807, 2.05) is 70.2 Å². The third kappa shape index (κ3) is 3.69. The molecule has 1 aromatic carbocycles. The van der Waals surface area contributed by atoms with Crippen LogP contribution in [-0.2, 0) is 19.0 Å². The van der Waals surface area contributed by atoms with Gasteiger partial charge >= 0.3 is 5.97 Å². The van der Waals surface area contributed by atoms with E-state index in [4.69, 9.17) is 14.2 Å². The van der Waals surface area contributed by atoms with Gasteiger partial charge in [-0.05, 0) is 87.5 Å². The zero-order valence-electron chi connectivity index (χ0n) is 26.3. The second kappa shape index (κ2) is 8.99. The van der Waals surface area contributed by atoms with Crippen molar-refractivity contribution < 1.29 is 28.9 Å². The Kier molecular flexibility index (Phi) is 6.00. The lowest BCUT2D eigenvalue weighted by atomic mass is 9.59. The summed E-state index contributed by atoms with van der Waals surface area (Å²) < 4.78 is 20.7. The Bertz CT molecular complexity index is 1600. The highest BCUT2D eigenvalue weighted by Crippen LogP contribution is 2.72. The lowest BCUT2D eigenvalue weighted by Crippen LogP contribution is -2.68. The second-order valence-electron chi connectivity index (χ2n) is 14.6. The summed E-state index contributed by atoms with van der Waals surface area (Å²) in [6.07, 6.45) is 2.73. The first-order valence-corrected chi connectivity index (χ1v) is 15.5. The first kappa shape index (κ1) is 28.7. The smallest absolute Gasteiger partial charge is 0.342 e. The standard InChI is InChI=1S/C35H42N2O6/c1-18-16-34-19(2)14-25-27(32(25,5)6)24(28(34)38)15-22-17-41-33(7,8)43-30(22)35(34,40)29(18)42-31(39)26-20(3)36-37(21(26)4)23-12-10-9-11-13-23/h9-13,15-16,19,24-25,27,29-30,40H,14,17H2,1-8H3/t19-,24+,25-,27+,29+,30-,34+,35?/m1/s1. The SMILES string of the molecule is CC1=C[C@]23C(=O)[C@@H](C=C4COC(C)(C)O[C@H]4C2(O)[C@H]1OC(=O)c1c(C)nn(-c2ccccc2)c1C)[C@H]1[C@@H](C[C@H]3C)C1(C)C. The Balaban J connectivity index is 1.35. The monoisotopic (exact) mass is 586 g/mol. The summed E-state index contributed by atoms with van der Waals surface area (Å²) in [6.45, 7) is 15.9. The van der Waals surface area contributed by atoms with Crippen LogP contribution in [0.15, 0.2) is 53.6 Å². The number of rotatable bonds is 3. The van der Waals surface area contributed by atoms with Gasteiger partial charge in [-0.25, -0.2) is 9.48 Å². The van der Waals surface area contributed by atoms with Crippen molar-refractivity contribution in [3.63, 3.8) is 0 Å². The maximum absolute atomic E-state index is 14.9. The summed E-state index contributed by atoms with van der Waals surface area (Å²) in [4.78, 5) is 29.0. The predicted octanol–water partition coefficient (Wildman–Crippen LogP) is 5.28. The molecule has 1 spiro atoms. The summed E-state index contributed by atoms with van der Waals surface area (Å²) in [6, 6.07) is 9.62. The minimum atomic E-state index is -1.86. The summed E-state index contributed by atoms with van der Waals surface area (Å²) in [5.74, 6) is -1.64. The van der Waals surface area contributed by atoms with Crippen LogP contribution >= 0.6 is 0 Å². The number of fused-ring (bicyclic) bond motifs is 5. The number of carbonyl (C=O) groups excluding carboxylic acids is 2. The van der Waals surface area contributed by atoms with Crippen molar-refractivity contribution >= 4 is 11.8 Å². The fourth-order valence-electron chi connectivity index (χ4n) is 9.22. The van der Waals surface area contributed by atoms with E-state index in [0.29, 0.717) is 28.4 Å². The van der Waals surface area contributed by atoms with E-state index in [9.17, 15) is 14.7 Å². The van der Waals surface area contributed by atoms with Gasteiger partial charge in [0, 0.05) is 5.92 Å². The van der Waals surface area contributed by atoms with E-state index in [1.54, 1.807) is 11.6 Å². The third-order valence-electron chi connectivity index (χ3n) is 11.4. The van der Waals surface area contributed by atoms with Crippen LogP contribution in [0.4, 0.5) is 0 Å². The minimum Gasteiger partial charge on any atom is -0.451 e. The molecule has 2 heterocycles. The van der Waals surface area contributed by atoms with Crippen LogP contribution in [-0.4, -0.2) is 56.8 Å². The number of esters is 1. The van der Waals surface area contributed by atoms with Gasteiger partial charge in [-0.2, -0.15) is 5.10 Å². The van der Waals surface area contributed by atoms with Crippen molar-refractivity contribution in [1.82, 2.24) is 9.78 Å². The van der Waals surface area contributed by atoms with E-state index in [1.165, 1.54) is 0 Å². The molecule has 2 bridgehead atoms. The predicted molar refractivity (Wildman–Crippen MR) is 159 cm³/mol. The Morgan fingerprint density at radius 1 is 1.12 bits per heavy atom. The summed E-state index contributed by atoms with van der Waals surface area (Å²) in [7, 11) is 0. The van der Waals surface area contributed by atoms with Gasteiger partial charge in [-0.1, -0.05) is 51.1 Å². The molecule has 1 saturated heterocycles. The Labute approximate surface area is 253 Å². The molecule has 4 aliphatic carbocycles. The zero-order chi connectivity index (χ0) is 30.9. The number of allylic oxidation sites excluding steroid dienone is 1. The van der Waals surface area contributed by atoms with Gasteiger partial charge in [0.2, 0.25) is 0 Å². The van der Waals surface area contributed by atoms with Gasteiger partial charge in [0.1, 0.15) is 11.7 Å². The minimum absolute atomic E-state index is 0.00830. The molecular formula is C35H42N2O6. The van der Waals surface area contributed by atoms with Crippen LogP contribution < -0.4 is 0 Å². The van der Waals surface area contributed by atoms with Crippen LogP contribution in [0.1, 0.15) is 69.7 Å². The highest BCUT2D eigenvalue weighted by molar-refractivity contribution is 5.96. The maximum Gasteiger partial charge on any atom is 0.342 e. The number of hydrogen-bond acceptors (Lipinski definition) is 7. The molecule has 5 aliphatic rings. The topological polar surface area (TPSA) is 99.9 Å². The van der Waals surface area contributed by atoms with Crippen molar-refractivity contribution in [2.75, 3.05) is 6.61 Å². The molecular weight excluding hydrogens is 544 g/mol. The molecule has 1 N–H and O–H groups in total. The Hall–Kier alpha value is -3.07. The lowest BCUT2D eigenvalue weighted by molar-refractivity contribution is -0.302. The van der Waals surface area contributed by atoms with Crippen LogP contribution in [0.3, 0.4) is 0 Å². The number of aliphatic hydroxyl groups is 1. The second-order valence-corrected chi connectivity index (χ2v) is 14.6. The van der Waals surface area contributed by atoms with Gasteiger partial charge in [-0.3, -0.25) is 4.79 Å². The molecule has 1 aliphatic heterocycles. The number of Topliss-reactive ketones (excluding diaryl/α,β-unsaturated/α-hetero) is 1. The number of aromatic nitrogens is 2. The summed E-state index contributed by atoms with van der Waals surface area (Å²) in [5, 5.41) is 17.9. The van der Waals surface area contributed by atoms with Crippen LogP contribution in [0.2, 0.25) is 0 Å². The number of hydrogen-bond donors (Lipinski definition) is 1. The molecule has 2 aromatic rings. The molecule has 7 rings (SSSR count). The first-order valence-electron chi connectivity index (χ1n) is 15.5. The van der Waals surface area contributed by atoms with Crippen LogP contribution in [0, 0.1) is 48.3 Å². The maximum atomic E-state index is 14.9. The van der Waals surface area contributed by atoms with Gasteiger partial charge in [0.25, 0.3) is 0 Å². The van der Waals surface area contributed by atoms with Gasteiger partial charge < -0.3 is 19.3 Å². The normalized spacial score (nSPS) is 38.5. The fourth-order valence-corrected chi connectivity index (χ4v) is 9.22.